The summed E-state index contributed by atoms with van der Waals surface area (Å²) in [5.41, 5.74) is 0. The van der Waals surface area contributed by atoms with Gasteiger partial charge in [-0.05, 0) is 70.6 Å². The van der Waals surface area contributed by atoms with Crippen LogP contribution in [0.15, 0.2) is 48.6 Å². The Balaban J connectivity index is 3.65. The molecule has 0 heterocycles. The molecule has 0 aromatic rings. The Labute approximate surface area is 374 Å². The lowest BCUT2D eigenvalue weighted by Gasteiger charge is -2.21. The van der Waals surface area contributed by atoms with Crippen LogP contribution < -0.4 is 5.32 Å². The summed E-state index contributed by atoms with van der Waals surface area (Å²) < 4.78 is 0. The second kappa shape index (κ2) is 50.0. The number of aliphatic hydroxyl groups excluding tert-OH is 3. The van der Waals surface area contributed by atoms with Crippen molar-refractivity contribution in [3.05, 3.63) is 48.6 Å². The molecule has 0 aromatic carbocycles. The Hall–Kier alpha value is -1.69. The van der Waals surface area contributed by atoms with Gasteiger partial charge in [-0.15, -0.1) is 0 Å². The fraction of sp³-hybridized carbons (Fsp3) is 0.836. The molecular weight excluding hydrogens is 739 g/mol. The molecule has 5 nitrogen and oxygen atoms in total. The summed E-state index contributed by atoms with van der Waals surface area (Å²) in [6.45, 7) is 4.22. The predicted molar refractivity (Wildman–Crippen MR) is 264 cm³/mol. The molecule has 3 atom stereocenters. The third kappa shape index (κ3) is 45.8. The third-order valence-corrected chi connectivity index (χ3v) is 12.1. The van der Waals surface area contributed by atoms with Gasteiger partial charge in [0.2, 0.25) is 5.91 Å². The topological polar surface area (TPSA) is 89.8 Å². The molecule has 0 rings (SSSR count). The quantitative estimate of drug-likeness (QED) is 0.0363. The Kier molecular flexibility index (Phi) is 48.6. The Morgan fingerprint density at radius 2 is 0.717 bits per heavy atom. The number of hydrogen-bond donors (Lipinski definition) is 4. The molecule has 3 unspecified atom stereocenters. The van der Waals surface area contributed by atoms with Crippen LogP contribution in [0, 0.1) is 0 Å². The van der Waals surface area contributed by atoms with Crippen LogP contribution >= 0.6 is 0 Å². The monoisotopic (exact) mass is 842 g/mol. The van der Waals surface area contributed by atoms with Gasteiger partial charge < -0.3 is 20.6 Å². The summed E-state index contributed by atoms with van der Waals surface area (Å²) in [4.78, 5) is 12.5. The maximum absolute atomic E-state index is 12.5. The number of carbonyl (C=O) groups is 1. The molecule has 4 N–H and O–H groups in total. The average molecular weight is 842 g/mol. The van der Waals surface area contributed by atoms with Crippen LogP contribution in [-0.2, 0) is 4.79 Å². The molecule has 0 aromatic heterocycles. The molecule has 0 aliphatic heterocycles. The molecule has 0 spiro atoms. The van der Waals surface area contributed by atoms with E-state index < -0.39 is 18.2 Å². The molecule has 0 radical (unpaired) electrons. The first-order chi connectivity index (χ1) is 29.5. The second-order valence-corrected chi connectivity index (χ2v) is 18.1. The van der Waals surface area contributed by atoms with Gasteiger partial charge in [0.1, 0.15) is 0 Å². The third-order valence-electron chi connectivity index (χ3n) is 12.1. The van der Waals surface area contributed by atoms with E-state index in [9.17, 15) is 20.1 Å². The smallest absolute Gasteiger partial charge is 0.222 e. The molecule has 352 valence electrons. The average Bonchev–Trinajstić information content (AvgIpc) is 3.24. The standard InChI is InChI=1S/C55H103NO4/c1-3-5-7-9-11-13-15-17-19-21-23-25-26-27-28-29-30-32-34-36-38-40-42-44-46-48-52(58)50-55(60)56-53(51-57)54(59)49-47-45-43-41-39-37-35-33-31-24-22-20-18-16-14-12-10-8-6-4-2/h27-28,31,33,39,41,47,49,52-54,57-59H,3-26,29-30,32,34-38,40,42-46,48,50-51H2,1-2H3,(H,56,60)/b28-27-,33-31+,41-39+,49-47+. The maximum atomic E-state index is 12.5. The number of rotatable bonds is 48. The molecule has 0 fully saturated rings. The molecule has 1 amide bonds. The van der Waals surface area contributed by atoms with Crippen molar-refractivity contribution in [2.45, 2.75) is 289 Å². The molecule has 0 bridgehead atoms. The summed E-state index contributed by atoms with van der Waals surface area (Å²) in [6, 6.07) is -0.769. The van der Waals surface area contributed by atoms with Gasteiger partial charge >= 0.3 is 0 Å². The van der Waals surface area contributed by atoms with Crippen LogP contribution in [0.5, 0.6) is 0 Å². The van der Waals surface area contributed by atoms with Gasteiger partial charge in [0.25, 0.3) is 0 Å². The highest BCUT2D eigenvalue weighted by Gasteiger charge is 2.20. The van der Waals surface area contributed by atoms with Gasteiger partial charge in [-0.3, -0.25) is 4.79 Å². The number of allylic oxidation sites excluding steroid dienone is 7. The highest BCUT2D eigenvalue weighted by molar-refractivity contribution is 5.76. The summed E-state index contributed by atoms with van der Waals surface area (Å²) in [5.74, 6) is -0.329. The van der Waals surface area contributed by atoms with Gasteiger partial charge in [-0.2, -0.15) is 0 Å². The van der Waals surface area contributed by atoms with Crippen molar-refractivity contribution in [2.24, 2.45) is 0 Å². The van der Waals surface area contributed by atoms with Gasteiger partial charge in [0, 0.05) is 0 Å². The normalized spacial score (nSPS) is 13.8. The van der Waals surface area contributed by atoms with Gasteiger partial charge in [-0.1, -0.05) is 242 Å². The van der Waals surface area contributed by atoms with Crippen molar-refractivity contribution >= 4 is 5.91 Å². The number of carbonyl (C=O) groups excluding carboxylic acids is 1. The van der Waals surface area contributed by atoms with E-state index in [1.807, 2.05) is 6.08 Å². The van der Waals surface area contributed by atoms with Crippen molar-refractivity contribution in [1.29, 1.82) is 0 Å². The number of aliphatic hydroxyl groups is 3. The van der Waals surface area contributed by atoms with E-state index in [4.69, 9.17) is 0 Å². The lowest BCUT2D eigenvalue weighted by Crippen LogP contribution is -2.45. The fourth-order valence-corrected chi connectivity index (χ4v) is 8.01. The van der Waals surface area contributed by atoms with E-state index in [2.05, 4.69) is 55.6 Å². The van der Waals surface area contributed by atoms with E-state index in [-0.39, 0.29) is 18.9 Å². The van der Waals surface area contributed by atoms with Crippen LogP contribution in [0.4, 0.5) is 0 Å². The van der Waals surface area contributed by atoms with Crippen molar-refractivity contribution in [1.82, 2.24) is 5.32 Å². The first kappa shape index (κ1) is 58.3. The Morgan fingerprint density at radius 1 is 0.417 bits per heavy atom. The van der Waals surface area contributed by atoms with Gasteiger partial charge in [0.15, 0.2) is 0 Å². The first-order valence-corrected chi connectivity index (χ1v) is 26.4. The summed E-state index contributed by atoms with van der Waals surface area (Å²) in [5, 5.41) is 33.4. The van der Waals surface area contributed by atoms with E-state index in [0.717, 1.165) is 38.5 Å². The molecular formula is C55H103NO4. The summed E-state index contributed by atoms with van der Waals surface area (Å²) >= 11 is 0. The zero-order valence-electron chi connectivity index (χ0n) is 40.1. The van der Waals surface area contributed by atoms with Crippen LogP contribution in [0.1, 0.15) is 271 Å². The first-order valence-electron chi connectivity index (χ1n) is 26.4. The number of hydrogen-bond acceptors (Lipinski definition) is 4. The SMILES string of the molecule is CCCCCCCCCCCC/C=C/CC/C=C/CC/C=C/C(O)C(CO)NC(=O)CC(O)CCCCCCCCCCC/C=C\CCCCCCCCCCCCCC. The van der Waals surface area contributed by atoms with Crippen molar-refractivity contribution in [2.75, 3.05) is 6.61 Å². The number of unbranched alkanes of at least 4 members (excludes halogenated alkanes) is 33. The molecule has 0 saturated carbocycles. The lowest BCUT2D eigenvalue weighted by molar-refractivity contribution is -0.124. The fourth-order valence-electron chi connectivity index (χ4n) is 8.01. The molecule has 0 saturated heterocycles. The minimum Gasteiger partial charge on any atom is -0.394 e. The maximum Gasteiger partial charge on any atom is 0.222 e. The molecule has 0 aliphatic carbocycles. The van der Waals surface area contributed by atoms with Crippen LogP contribution in [0.2, 0.25) is 0 Å². The Morgan fingerprint density at radius 3 is 1.07 bits per heavy atom. The summed E-state index contributed by atoms with van der Waals surface area (Å²) in [6.07, 6.45) is 65.7. The van der Waals surface area contributed by atoms with Crippen LogP contribution in [0.25, 0.3) is 0 Å². The summed E-state index contributed by atoms with van der Waals surface area (Å²) in [7, 11) is 0. The van der Waals surface area contributed by atoms with E-state index >= 15 is 0 Å². The van der Waals surface area contributed by atoms with Gasteiger partial charge in [-0.25, -0.2) is 0 Å². The molecule has 60 heavy (non-hydrogen) atoms. The zero-order valence-corrected chi connectivity index (χ0v) is 40.1. The zero-order chi connectivity index (χ0) is 43.7. The molecule has 0 aliphatic rings. The van der Waals surface area contributed by atoms with Crippen molar-refractivity contribution < 1.29 is 20.1 Å². The van der Waals surface area contributed by atoms with Gasteiger partial charge in [0.05, 0.1) is 31.3 Å². The molecule has 5 heteroatoms. The van der Waals surface area contributed by atoms with E-state index in [0.29, 0.717) is 6.42 Å². The highest BCUT2D eigenvalue weighted by Crippen LogP contribution is 2.16. The largest absolute Gasteiger partial charge is 0.394 e. The minimum absolute atomic E-state index is 0.000809. The minimum atomic E-state index is -0.962. The Bertz CT molecular complexity index is 974. The second-order valence-electron chi connectivity index (χ2n) is 18.1. The van der Waals surface area contributed by atoms with Crippen molar-refractivity contribution in [3.8, 4) is 0 Å². The predicted octanol–water partition coefficient (Wildman–Crippen LogP) is 16.1. The highest BCUT2D eigenvalue weighted by atomic mass is 16.3. The van der Waals surface area contributed by atoms with Crippen molar-refractivity contribution in [3.63, 3.8) is 0 Å². The number of amides is 1. The van der Waals surface area contributed by atoms with Crippen LogP contribution in [-0.4, -0.2) is 46.1 Å². The van der Waals surface area contributed by atoms with E-state index in [1.165, 1.54) is 205 Å². The van der Waals surface area contributed by atoms with E-state index in [1.54, 1.807) is 6.08 Å². The van der Waals surface area contributed by atoms with Crippen LogP contribution in [0.3, 0.4) is 0 Å². The lowest BCUT2D eigenvalue weighted by atomic mass is 10.0. The number of nitrogens with one attached hydrogen (secondary N) is 1.